The highest BCUT2D eigenvalue weighted by Gasteiger charge is 2.30. The molecule has 0 atom stereocenters. The highest BCUT2D eigenvalue weighted by molar-refractivity contribution is 7.13. The number of aryl methyl sites for hydroxylation is 1. The van der Waals surface area contributed by atoms with Gasteiger partial charge in [0.1, 0.15) is 0 Å². The molecule has 0 bridgehead atoms. The van der Waals surface area contributed by atoms with E-state index in [9.17, 15) is 0 Å². The van der Waals surface area contributed by atoms with Crippen molar-refractivity contribution >= 4 is 22.3 Å². The topological polar surface area (TPSA) is 66.0 Å². The Morgan fingerprint density at radius 2 is 2.47 bits per heavy atom. The molecule has 0 radical (unpaired) electrons. The maximum atomic E-state index is 7.25. The molecule has 0 unspecified atom stereocenters. The molecule has 1 aliphatic carbocycles. The lowest BCUT2D eigenvalue weighted by Crippen LogP contribution is -2.29. The van der Waals surface area contributed by atoms with E-state index in [1.165, 1.54) is 12.8 Å². The molecule has 0 amide bonds. The number of hydrogen-bond acceptors (Lipinski definition) is 4. The minimum absolute atomic E-state index is 0.258. The fraction of sp³-hybridized carbons (Fsp3) is 0.600. The number of rotatable bonds is 5. The maximum absolute atomic E-state index is 7.25. The molecule has 0 saturated heterocycles. The Balaban J connectivity index is 2.02. The predicted molar refractivity (Wildman–Crippen MR) is 63.8 cm³/mol. The Morgan fingerprint density at radius 3 is 2.93 bits per heavy atom. The van der Waals surface area contributed by atoms with Gasteiger partial charge in [0.05, 0.1) is 11.5 Å². The SMILES string of the molecule is Cc1csc(N(CCC(=N)N)C2CC2)n1. The van der Waals surface area contributed by atoms with Crippen molar-refractivity contribution in [3.8, 4) is 0 Å². The second-order valence-corrected chi connectivity index (χ2v) is 4.81. The summed E-state index contributed by atoms with van der Waals surface area (Å²) in [5.74, 6) is 0.258. The second kappa shape index (κ2) is 4.18. The summed E-state index contributed by atoms with van der Waals surface area (Å²) >= 11 is 1.68. The van der Waals surface area contributed by atoms with Crippen molar-refractivity contribution in [1.82, 2.24) is 4.98 Å². The zero-order valence-electron chi connectivity index (χ0n) is 8.86. The van der Waals surface area contributed by atoms with Gasteiger partial charge in [0.25, 0.3) is 0 Å². The van der Waals surface area contributed by atoms with Crippen molar-refractivity contribution in [2.24, 2.45) is 5.73 Å². The quantitative estimate of drug-likeness (QED) is 0.591. The fourth-order valence-electron chi connectivity index (χ4n) is 1.53. The van der Waals surface area contributed by atoms with Crippen LogP contribution in [0.3, 0.4) is 0 Å². The van der Waals surface area contributed by atoms with Crippen LogP contribution in [-0.2, 0) is 0 Å². The summed E-state index contributed by atoms with van der Waals surface area (Å²) in [5, 5.41) is 10.4. The lowest BCUT2D eigenvalue weighted by Gasteiger charge is -2.20. The monoisotopic (exact) mass is 224 g/mol. The number of amidine groups is 1. The molecule has 0 spiro atoms. The standard InChI is InChI=1S/C10H16N4S/c1-7-6-15-10(13-7)14(8-2-3-8)5-4-9(11)12/h6,8H,2-5H2,1H3,(H3,11,12). The van der Waals surface area contributed by atoms with Gasteiger partial charge in [-0.3, -0.25) is 5.41 Å². The van der Waals surface area contributed by atoms with Gasteiger partial charge in [-0.15, -0.1) is 11.3 Å². The van der Waals surface area contributed by atoms with Gasteiger partial charge < -0.3 is 10.6 Å². The van der Waals surface area contributed by atoms with Gasteiger partial charge in [0, 0.05) is 24.4 Å². The first kappa shape index (κ1) is 10.4. The largest absolute Gasteiger partial charge is 0.388 e. The molecule has 1 fully saturated rings. The first-order valence-electron chi connectivity index (χ1n) is 5.18. The van der Waals surface area contributed by atoms with Crippen molar-refractivity contribution in [3.05, 3.63) is 11.1 Å². The third-order valence-electron chi connectivity index (χ3n) is 2.46. The van der Waals surface area contributed by atoms with E-state index < -0.39 is 0 Å². The average molecular weight is 224 g/mol. The van der Waals surface area contributed by atoms with Crippen LogP contribution in [0.25, 0.3) is 0 Å². The first-order valence-corrected chi connectivity index (χ1v) is 6.06. The van der Waals surface area contributed by atoms with E-state index in [1.54, 1.807) is 11.3 Å². The average Bonchev–Trinajstić information content (AvgIpc) is 2.90. The molecule has 1 saturated carbocycles. The Kier molecular flexibility index (Phi) is 2.90. The van der Waals surface area contributed by atoms with Crippen LogP contribution in [0, 0.1) is 12.3 Å². The van der Waals surface area contributed by atoms with Gasteiger partial charge >= 0.3 is 0 Å². The Hall–Kier alpha value is -1.10. The molecular formula is C10H16N4S. The van der Waals surface area contributed by atoms with Crippen LogP contribution in [0.15, 0.2) is 5.38 Å². The third kappa shape index (κ3) is 2.68. The van der Waals surface area contributed by atoms with Crippen molar-refractivity contribution in [3.63, 3.8) is 0 Å². The van der Waals surface area contributed by atoms with Gasteiger partial charge in [-0.1, -0.05) is 0 Å². The highest BCUT2D eigenvalue weighted by Crippen LogP contribution is 2.33. The van der Waals surface area contributed by atoms with E-state index in [4.69, 9.17) is 11.1 Å². The number of thiazole rings is 1. The fourth-order valence-corrected chi connectivity index (χ4v) is 2.44. The number of anilines is 1. The summed E-state index contributed by atoms with van der Waals surface area (Å²) < 4.78 is 0. The number of nitrogens with zero attached hydrogens (tertiary/aromatic N) is 2. The van der Waals surface area contributed by atoms with Crippen LogP contribution < -0.4 is 10.6 Å². The van der Waals surface area contributed by atoms with Crippen LogP contribution >= 0.6 is 11.3 Å². The first-order chi connectivity index (χ1) is 7.16. The van der Waals surface area contributed by atoms with Crippen molar-refractivity contribution in [1.29, 1.82) is 5.41 Å². The third-order valence-corrected chi connectivity index (χ3v) is 3.46. The number of aromatic nitrogens is 1. The van der Waals surface area contributed by atoms with Gasteiger partial charge in [0.15, 0.2) is 5.13 Å². The summed E-state index contributed by atoms with van der Waals surface area (Å²) in [6, 6.07) is 0.634. The van der Waals surface area contributed by atoms with Gasteiger partial charge in [-0.2, -0.15) is 0 Å². The van der Waals surface area contributed by atoms with Crippen molar-refractivity contribution < 1.29 is 0 Å². The van der Waals surface area contributed by atoms with E-state index in [0.717, 1.165) is 17.4 Å². The highest BCUT2D eigenvalue weighted by atomic mass is 32.1. The van der Waals surface area contributed by atoms with Gasteiger partial charge in [-0.05, 0) is 19.8 Å². The van der Waals surface area contributed by atoms with Crippen molar-refractivity contribution in [2.45, 2.75) is 32.2 Å². The minimum atomic E-state index is 0.258. The van der Waals surface area contributed by atoms with E-state index in [2.05, 4.69) is 15.3 Å². The number of nitrogens with two attached hydrogens (primary N) is 1. The summed E-state index contributed by atoms with van der Waals surface area (Å²) in [4.78, 5) is 6.77. The zero-order chi connectivity index (χ0) is 10.8. The number of hydrogen-bond donors (Lipinski definition) is 2. The molecule has 1 aliphatic rings. The van der Waals surface area contributed by atoms with Crippen LogP contribution in [0.5, 0.6) is 0 Å². The van der Waals surface area contributed by atoms with E-state index >= 15 is 0 Å². The Morgan fingerprint density at radius 1 is 1.73 bits per heavy atom. The molecule has 1 heterocycles. The molecule has 1 aromatic rings. The minimum Gasteiger partial charge on any atom is -0.388 e. The molecule has 5 heteroatoms. The normalized spacial score (nSPS) is 15.3. The lowest BCUT2D eigenvalue weighted by atomic mass is 10.3. The number of nitrogens with one attached hydrogen (secondary N) is 1. The predicted octanol–water partition coefficient (Wildman–Crippen LogP) is 1.75. The Bertz CT molecular complexity index is 356. The summed E-state index contributed by atoms with van der Waals surface area (Å²) in [6.07, 6.45) is 3.13. The smallest absolute Gasteiger partial charge is 0.185 e. The molecule has 0 aromatic carbocycles. The molecule has 4 nitrogen and oxygen atoms in total. The van der Waals surface area contributed by atoms with Crippen LogP contribution in [0.4, 0.5) is 5.13 Å². The van der Waals surface area contributed by atoms with Crippen LogP contribution in [0.1, 0.15) is 25.0 Å². The zero-order valence-corrected chi connectivity index (χ0v) is 9.68. The molecule has 1 aromatic heterocycles. The summed E-state index contributed by atoms with van der Waals surface area (Å²) in [6.45, 7) is 2.84. The molecule has 15 heavy (non-hydrogen) atoms. The second-order valence-electron chi connectivity index (χ2n) is 3.97. The van der Waals surface area contributed by atoms with E-state index in [1.807, 2.05) is 6.92 Å². The Labute approximate surface area is 93.6 Å². The van der Waals surface area contributed by atoms with Gasteiger partial charge in [-0.25, -0.2) is 4.98 Å². The van der Waals surface area contributed by atoms with Crippen LogP contribution in [0.2, 0.25) is 0 Å². The maximum Gasteiger partial charge on any atom is 0.185 e. The molecule has 3 N–H and O–H groups in total. The summed E-state index contributed by atoms with van der Waals surface area (Å²) in [7, 11) is 0. The van der Waals surface area contributed by atoms with Gasteiger partial charge in [0.2, 0.25) is 0 Å². The molecule has 82 valence electrons. The van der Waals surface area contributed by atoms with E-state index in [0.29, 0.717) is 12.5 Å². The van der Waals surface area contributed by atoms with E-state index in [-0.39, 0.29) is 5.84 Å². The lowest BCUT2D eigenvalue weighted by molar-refractivity contribution is 0.791. The molecule has 2 rings (SSSR count). The summed E-state index contributed by atoms with van der Waals surface area (Å²) in [5.41, 5.74) is 6.46. The van der Waals surface area contributed by atoms with Crippen molar-refractivity contribution in [2.75, 3.05) is 11.4 Å². The molecule has 0 aliphatic heterocycles. The van der Waals surface area contributed by atoms with Crippen LogP contribution in [-0.4, -0.2) is 23.4 Å². The molecular weight excluding hydrogens is 208 g/mol.